The Kier molecular flexibility index (Phi) is 3.43. The number of nitrogens with one attached hydrogen (secondary N) is 1. The van der Waals surface area contributed by atoms with E-state index in [-0.39, 0.29) is 30.3 Å². The van der Waals surface area contributed by atoms with Gasteiger partial charge in [0.05, 0.1) is 13.0 Å². The zero-order valence-electron chi connectivity index (χ0n) is 10.9. The summed E-state index contributed by atoms with van der Waals surface area (Å²) in [5.74, 6) is -0.746. The van der Waals surface area contributed by atoms with E-state index in [1.165, 1.54) is 0 Å². The first-order valence-corrected chi connectivity index (χ1v) is 6.20. The fraction of sp³-hybridized carbons (Fsp3) is 0.917. The summed E-state index contributed by atoms with van der Waals surface area (Å²) >= 11 is 0. The summed E-state index contributed by atoms with van der Waals surface area (Å²) in [4.78, 5) is 11.5. The molecule has 2 heterocycles. The Morgan fingerprint density at radius 3 is 2.65 bits per heavy atom. The van der Waals surface area contributed by atoms with E-state index in [2.05, 4.69) is 5.32 Å². The summed E-state index contributed by atoms with van der Waals surface area (Å²) in [7, 11) is 0. The molecule has 0 radical (unpaired) electrons. The standard InChI is InChI=1S/C12H21NO4/c1-5-15-9(14)6-8-11-10(7(2)13-8)16-12(3,4)17-11/h7-8,10-11,13H,5-6H2,1-4H3/t7-,8+,10-,11+/m1/s1. The second-order valence-corrected chi connectivity index (χ2v) is 5.14. The van der Waals surface area contributed by atoms with Crippen LogP contribution in [0, 0.1) is 0 Å². The lowest BCUT2D eigenvalue weighted by Gasteiger charge is -2.23. The van der Waals surface area contributed by atoms with Crippen molar-refractivity contribution in [3.8, 4) is 0 Å². The molecule has 2 aliphatic heterocycles. The molecule has 5 heteroatoms. The average molecular weight is 243 g/mol. The van der Waals surface area contributed by atoms with Gasteiger partial charge in [-0.1, -0.05) is 0 Å². The number of hydrogen-bond donors (Lipinski definition) is 1. The van der Waals surface area contributed by atoms with E-state index in [0.717, 1.165) is 0 Å². The summed E-state index contributed by atoms with van der Waals surface area (Å²) < 4.78 is 16.6. The van der Waals surface area contributed by atoms with Crippen LogP contribution in [0.5, 0.6) is 0 Å². The van der Waals surface area contributed by atoms with Crippen LogP contribution < -0.4 is 5.32 Å². The van der Waals surface area contributed by atoms with Gasteiger partial charge >= 0.3 is 5.97 Å². The van der Waals surface area contributed by atoms with Gasteiger partial charge in [0.2, 0.25) is 0 Å². The number of carbonyl (C=O) groups is 1. The van der Waals surface area contributed by atoms with Gasteiger partial charge in [-0.2, -0.15) is 0 Å². The van der Waals surface area contributed by atoms with Crippen LogP contribution in [-0.4, -0.2) is 42.7 Å². The SMILES string of the molecule is CCOC(=O)C[C@@H]1N[C@H](C)[C@H]2OC(C)(C)O[C@H]21. The fourth-order valence-electron chi connectivity index (χ4n) is 2.62. The van der Waals surface area contributed by atoms with Crippen LogP contribution in [0.2, 0.25) is 0 Å². The summed E-state index contributed by atoms with van der Waals surface area (Å²) in [5.41, 5.74) is 0. The van der Waals surface area contributed by atoms with Gasteiger partial charge < -0.3 is 19.5 Å². The number of carbonyl (C=O) groups excluding carboxylic acids is 1. The van der Waals surface area contributed by atoms with Gasteiger partial charge in [-0.15, -0.1) is 0 Å². The van der Waals surface area contributed by atoms with E-state index in [1.54, 1.807) is 0 Å². The zero-order chi connectivity index (χ0) is 12.6. The predicted octanol–water partition coefficient (Wildman–Crippen LogP) is 0.820. The van der Waals surface area contributed by atoms with Gasteiger partial charge in [0.15, 0.2) is 5.79 Å². The Bertz CT molecular complexity index is 305. The number of ether oxygens (including phenoxy) is 3. The second kappa shape index (κ2) is 4.55. The number of fused-ring (bicyclic) bond motifs is 1. The molecule has 2 saturated heterocycles. The van der Waals surface area contributed by atoms with Crippen molar-refractivity contribution in [1.82, 2.24) is 5.32 Å². The third-order valence-electron chi connectivity index (χ3n) is 3.22. The zero-order valence-corrected chi connectivity index (χ0v) is 10.9. The fourth-order valence-corrected chi connectivity index (χ4v) is 2.62. The van der Waals surface area contributed by atoms with Crippen molar-refractivity contribution >= 4 is 5.97 Å². The lowest BCUT2D eigenvalue weighted by Crippen LogP contribution is -2.39. The highest BCUT2D eigenvalue weighted by Crippen LogP contribution is 2.36. The molecule has 4 atom stereocenters. The van der Waals surface area contributed by atoms with Gasteiger partial charge in [-0.05, 0) is 27.7 Å². The Hall–Kier alpha value is -0.650. The van der Waals surface area contributed by atoms with E-state index in [4.69, 9.17) is 14.2 Å². The first-order valence-electron chi connectivity index (χ1n) is 6.20. The first-order chi connectivity index (χ1) is 7.93. The number of hydrogen-bond acceptors (Lipinski definition) is 5. The van der Waals surface area contributed by atoms with Crippen molar-refractivity contribution < 1.29 is 19.0 Å². The molecule has 0 aromatic carbocycles. The van der Waals surface area contributed by atoms with E-state index in [0.29, 0.717) is 13.0 Å². The van der Waals surface area contributed by atoms with Crippen LogP contribution in [0.25, 0.3) is 0 Å². The molecule has 0 aromatic rings. The summed E-state index contributed by atoms with van der Waals surface area (Å²) in [6.45, 7) is 8.08. The molecule has 0 aromatic heterocycles. The van der Waals surface area contributed by atoms with E-state index < -0.39 is 5.79 Å². The third kappa shape index (κ3) is 2.61. The van der Waals surface area contributed by atoms with Gasteiger partial charge in [0, 0.05) is 12.1 Å². The monoisotopic (exact) mass is 243 g/mol. The molecule has 98 valence electrons. The van der Waals surface area contributed by atoms with Crippen molar-refractivity contribution in [3.05, 3.63) is 0 Å². The molecule has 2 aliphatic rings. The maximum atomic E-state index is 11.5. The Balaban J connectivity index is 1.99. The minimum Gasteiger partial charge on any atom is -0.466 e. The molecule has 1 N–H and O–H groups in total. The van der Waals surface area contributed by atoms with Crippen LogP contribution in [0.1, 0.15) is 34.1 Å². The second-order valence-electron chi connectivity index (χ2n) is 5.14. The van der Waals surface area contributed by atoms with Crippen LogP contribution in [-0.2, 0) is 19.0 Å². The first kappa shape index (κ1) is 12.8. The maximum absolute atomic E-state index is 11.5. The molecule has 0 unspecified atom stereocenters. The molecular weight excluding hydrogens is 222 g/mol. The Labute approximate surface area is 102 Å². The highest BCUT2D eigenvalue weighted by molar-refractivity contribution is 5.70. The quantitative estimate of drug-likeness (QED) is 0.744. The molecule has 0 spiro atoms. The van der Waals surface area contributed by atoms with Crippen LogP contribution in [0.4, 0.5) is 0 Å². The molecule has 0 bridgehead atoms. The lowest BCUT2D eigenvalue weighted by atomic mass is 10.1. The van der Waals surface area contributed by atoms with Gasteiger partial charge in [0.25, 0.3) is 0 Å². The van der Waals surface area contributed by atoms with Crippen LogP contribution in [0.3, 0.4) is 0 Å². The van der Waals surface area contributed by atoms with Gasteiger partial charge in [-0.25, -0.2) is 0 Å². The van der Waals surface area contributed by atoms with Crippen molar-refractivity contribution in [2.75, 3.05) is 6.61 Å². The third-order valence-corrected chi connectivity index (χ3v) is 3.22. The molecular formula is C12H21NO4. The smallest absolute Gasteiger partial charge is 0.307 e. The lowest BCUT2D eigenvalue weighted by molar-refractivity contribution is -0.159. The molecule has 2 fully saturated rings. The predicted molar refractivity (Wildman–Crippen MR) is 61.5 cm³/mol. The van der Waals surface area contributed by atoms with E-state index >= 15 is 0 Å². The van der Waals surface area contributed by atoms with E-state index in [1.807, 2.05) is 27.7 Å². The number of esters is 1. The largest absolute Gasteiger partial charge is 0.466 e. The van der Waals surface area contributed by atoms with Crippen molar-refractivity contribution in [2.45, 2.75) is 64.2 Å². The summed E-state index contributed by atoms with van der Waals surface area (Å²) in [6.07, 6.45) is 0.285. The summed E-state index contributed by atoms with van der Waals surface area (Å²) in [6, 6.07) is 0.178. The van der Waals surface area contributed by atoms with Crippen molar-refractivity contribution in [3.63, 3.8) is 0 Å². The summed E-state index contributed by atoms with van der Waals surface area (Å²) in [5, 5.41) is 3.33. The topological polar surface area (TPSA) is 56.8 Å². The highest BCUT2D eigenvalue weighted by Gasteiger charge is 2.52. The Morgan fingerprint density at radius 2 is 2.00 bits per heavy atom. The molecule has 2 rings (SSSR count). The average Bonchev–Trinajstić information content (AvgIpc) is 2.65. The van der Waals surface area contributed by atoms with Crippen LogP contribution in [0.15, 0.2) is 0 Å². The molecule has 0 saturated carbocycles. The molecule has 17 heavy (non-hydrogen) atoms. The minimum atomic E-state index is -0.557. The molecule has 0 amide bonds. The molecule has 5 nitrogen and oxygen atoms in total. The Morgan fingerprint density at radius 1 is 1.35 bits per heavy atom. The minimum absolute atomic E-state index is 0.0178. The van der Waals surface area contributed by atoms with Gasteiger partial charge in [-0.3, -0.25) is 4.79 Å². The molecule has 0 aliphatic carbocycles. The van der Waals surface area contributed by atoms with E-state index in [9.17, 15) is 4.79 Å². The van der Waals surface area contributed by atoms with Crippen LogP contribution >= 0.6 is 0 Å². The maximum Gasteiger partial charge on any atom is 0.307 e. The normalized spacial score (nSPS) is 39.1. The highest BCUT2D eigenvalue weighted by atomic mass is 16.8. The van der Waals surface area contributed by atoms with Crippen molar-refractivity contribution in [2.24, 2.45) is 0 Å². The van der Waals surface area contributed by atoms with Crippen molar-refractivity contribution in [1.29, 1.82) is 0 Å². The van der Waals surface area contributed by atoms with Gasteiger partial charge in [0.1, 0.15) is 12.2 Å². The number of rotatable bonds is 3.